The van der Waals surface area contributed by atoms with Crippen LogP contribution in [0.2, 0.25) is 0 Å². The summed E-state index contributed by atoms with van der Waals surface area (Å²) < 4.78 is 2.83. The van der Waals surface area contributed by atoms with E-state index in [0.717, 1.165) is 0 Å². The van der Waals surface area contributed by atoms with Gasteiger partial charge in [-0.25, -0.2) is 0 Å². The van der Waals surface area contributed by atoms with Gasteiger partial charge < -0.3 is 0 Å². The van der Waals surface area contributed by atoms with E-state index in [9.17, 15) is 0 Å². The van der Waals surface area contributed by atoms with Crippen LogP contribution in [0, 0.1) is 0 Å². The number of halogens is 1. The second-order valence-electron chi connectivity index (χ2n) is 3.81. The molecule has 0 atom stereocenters. The van der Waals surface area contributed by atoms with Crippen molar-refractivity contribution in [2.24, 2.45) is 0 Å². The van der Waals surface area contributed by atoms with E-state index < -0.39 is 0 Å². The third kappa shape index (κ3) is 6.52. The number of rotatable bonds is 7. The van der Waals surface area contributed by atoms with Gasteiger partial charge in [-0.3, -0.25) is 0 Å². The summed E-state index contributed by atoms with van der Waals surface area (Å²) in [6, 6.07) is 10.7. The Bertz CT molecular complexity index is 306. The number of unbranched alkanes of at least 4 members (excludes halogenated alkanes) is 3. The molecule has 0 aliphatic heterocycles. The van der Waals surface area contributed by atoms with E-state index in [4.69, 9.17) is 0 Å². The van der Waals surface area contributed by atoms with Crippen LogP contribution in [-0.4, -0.2) is 15.0 Å². The molecule has 16 heavy (non-hydrogen) atoms. The first-order valence-corrected chi connectivity index (χ1v) is 8.53. The van der Waals surface area contributed by atoms with Crippen LogP contribution in [0.5, 0.6) is 0 Å². The van der Waals surface area contributed by atoms with Gasteiger partial charge in [-0.1, -0.05) is 0 Å². The van der Waals surface area contributed by atoms with Gasteiger partial charge in [-0.2, -0.15) is 0 Å². The first-order valence-electron chi connectivity index (χ1n) is 5.89. The van der Waals surface area contributed by atoms with Crippen molar-refractivity contribution in [3.63, 3.8) is 0 Å². The summed E-state index contributed by atoms with van der Waals surface area (Å²) in [5.41, 5.74) is 0. The van der Waals surface area contributed by atoms with Crippen molar-refractivity contribution in [2.75, 3.05) is 0 Å². The van der Waals surface area contributed by atoms with Gasteiger partial charge in [-0.15, -0.1) is 0 Å². The minimum absolute atomic E-state index is 0.477. The van der Waals surface area contributed by atoms with Crippen LogP contribution < -0.4 is 4.46 Å². The SMILES string of the molecule is CCCCCC/C(Br)=C/[Se]c1ccccc1. The summed E-state index contributed by atoms with van der Waals surface area (Å²) >= 11 is 4.14. The fourth-order valence-electron chi connectivity index (χ4n) is 1.41. The van der Waals surface area contributed by atoms with Crippen molar-refractivity contribution in [1.29, 1.82) is 0 Å². The Morgan fingerprint density at radius 1 is 1.19 bits per heavy atom. The number of benzene rings is 1. The van der Waals surface area contributed by atoms with Crippen molar-refractivity contribution < 1.29 is 0 Å². The van der Waals surface area contributed by atoms with Crippen molar-refractivity contribution >= 4 is 35.3 Å². The predicted octanol–water partition coefficient (Wildman–Crippen LogP) is 4.22. The van der Waals surface area contributed by atoms with Crippen LogP contribution in [0.25, 0.3) is 0 Å². The number of hydrogen-bond donors (Lipinski definition) is 0. The van der Waals surface area contributed by atoms with Gasteiger partial charge in [0.05, 0.1) is 0 Å². The zero-order valence-corrected chi connectivity index (χ0v) is 13.1. The van der Waals surface area contributed by atoms with Crippen molar-refractivity contribution in [2.45, 2.75) is 39.0 Å². The molecule has 88 valence electrons. The zero-order chi connectivity index (χ0) is 11.6. The summed E-state index contributed by atoms with van der Waals surface area (Å²) in [5.74, 6) is 0. The quantitative estimate of drug-likeness (QED) is 0.512. The van der Waals surface area contributed by atoms with Gasteiger partial charge in [0.15, 0.2) is 0 Å². The van der Waals surface area contributed by atoms with Crippen LogP contribution in [0.3, 0.4) is 0 Å². The Hall–Kier alpha value is -0.0405. The molecule has 0 unspecified atom stereocenters. The van der Waals surface area contributed by atoms with Gasteiger partial charge in [0.1, 0.15) is 0 Å². The van der Waals surface area contributed by atoms with Gasteiger partial charge >= 0.3 is 114 Å². The Kier molecular flexibility index (Phi) is 7.92. The average molecular weight is 346 g/mol. The molecular formula is C14H19BrSe. The third-order valence-electron chi connectivity index (χ3n) is 2.34. The summed E-state index contributed by atoms with van der Waals surface area (Å²) in [4.78, 5) is 2.36. The molecule has 0 bridgehead atoms. The number of hydrogen-bond acceptors (Lipinski definition) is 0. The van der Waals surface area contributed by atoms with Crippen molar-refractivity contribution in [3.8, 4) is 0 Å². The molecule has 0 aromatic heterocycles. The maximum atomic E-state index is 3.66. The van der Waals surface area contributed by atoms with Gasteiger partial charge in [-0.05, 0) is 0 Å². The van der Waals surface area contributed by atoms with Gasteiger partial charge in [0.25, 0.3) is 0 Å². The Labute approximate surface area is 114 Å². The molecule has 1 rings (SSSR count). The zero-order valence-electron chi connectivity index (χ0n) is 9.79. The van der Waals surface area contributed by atoms with Gasteiger partial charge in [0.2, 0.25) is 0 Å². The van der Waals surface area contributed by atoms with E-state index in [1.165, 1.54) is 41.0 Å². The fraction of sp³-hybridized carbons (Fsp3) is 0.429. The van der Waals surface area contributed by atoms with E-state index in [1.807, 2.05) is 0 Å². The Morgan fingerprint density at radius 3 is 2.62 bits per heavy atom. The van der Waals surface area contributed by atoms with E-state index in [-0.39, 0.29) is 0 Å². The molecule has 1 aromatic carbocycles. The standard InChI is InChI=1S/C14H19BrSe/c1-2-3-4-6-9-13(15)12-16-14-10-7-5-8-11-14/h5,7-8,10-12H,2-4,6,9H2,1H3/b13-12-. The molecule has 0 heterocycles. The average Bonchev–Trinajstić information content (AvgIpc) is 2.33. The molecule has 0 saturated carbocycles. The molecule has 0 nitrogen and oxygen atoms in total. The monoisotopic (exact) mass is 346 g/mol. The summed E-state index contributed by atoms with van der Waals surface area (Å²) in [6.45, 7) is 2.25. The molecule has 0 aliphatic rings. The minimum atomic E-state index is 0.477. The molecule has 0 N–H and O–H groups in total. The summed E-state index contributed by atoms with van der Waals surface area (Å²) in [7, 11) is 0. The maximum absolute atomic E-state index is 3.66. The fourth-order valence-corrected chi connectivity index (χ4v) is 3.64. The van der Waals surface area contributed by atoms with E-state index in [2.05, 4.69) is 58.2 Å². The first-order chi connectivity index (χ1) is 7.83. The van der Waals surface area contributed by atoms with Crippen molar-refractivity contribution in [3.05, 3.63) is 39.8 Å². The molecule has 1 aromatic rings. The Morgan fingerprint density at radius 2 is 1.94 bits per heavy atom. The van der Waals surface area contributed by atoms with Crippen molar-refractivity contribution in [1.82, 2.24) is 0 Å². The second kappa shape index (κ2) is 9.04. The third-order valence-corrected chi connectivity index (χ3v) is 5.63. The summed E-state index contributed by atoms with van der Waals surface area (Å²) in [5, 5.41) is 0. The predicted molar refractivity (Wildman–Crippen MR) is 77.6 cm³/mol. The molecule has 0 fully saturated rings. The molecular weight excluding hydrogens is 327 g/mol. The Balaban J connectivity index is 2.23. The van der Waals surface area contributed by atoms with Gasteiger partial charge in [0, 0.05) is 0 Å². The van der Waals surface area contributed by atoms with E-state index >= 15 is 0 Å². The van der Waals surface area contributed by atoms with E-state index in [0.29, 0.717) is 15.0 Å². The van der Waals surface area contributed by atoms with Crippen LogP contribution in [0.1, 0.15) is 39.0 Å². The second-order valence-corrected chi connectivity index (χ2v) is 6.80. The van der Waals surface area contributed by atoms with Crippen LogP contribution >= 0.6 is 15.9 Å². The molecule has 0 spiro atoms. The number of allylic oxidation sites excluding steroid dienone is 1. The topological polar surface area (TPSA) is 0 Å². The molecule has 0 amide bonds. The summed E-state index contributed by atoms with van der Waals surface area (Å²) in [6.07, 6.45) is 6.56. The van der Waals surface area contributed by atoms with Crippen LogP contribution in [0.15, 0.2) is 39.8 Å². The van der Waals surface area contributed by atoms with Crippen LogP contribution in [-0.2, 0) is 0 Å². The molecule has 0 radical (unpaired) electrons. The molecule has 0 aliphatic carbocycles. The first kappa shape index (κ1) is 14.0. The molecule has 2 heteroatoms. The van der Waals surface area contributed by atoms with E-state index in [1.54, 1.807) is 0 Å². The van der Waals surface area contributed by atoms with Crippen LogP contribution in [0.4, 0.5) is 0 Å². The molecule has 0 saturated heterocycles. The normalized spacial score (nSPS) is 11.8.